The monoisotopic (exact) mass is 379 g/mol. The molecule has 0 saturated carbocycles. The van der Waals surface area contributed by atoms with Crippen molar-refractivity contribution in [2.45, 2.75) is 25.5 Å². The summed E-state index contributed by atoms with van der Waals surface area (Å²) in [4.78, 5) is 0. The van der Waals surface area contributed by atoms with E-state index >= 15 is 0 Å². The van der Waals surface area contributed by atoms with E-state index in [9.17, 15) is 0 Å². The lowest BCUT2D eigenvalue weighted by molar-refractivity contribution is 0.254. The Labute approximate surface area is 133 Å². The minimum absolute atomic E-state index is 0.230. The summed E-state index contributed by atoms with van der Waals surface area (Å²) < 4.78 is 7.04. The molecule has 1 N–H and O–H groups in total. The van der Waals surface area contributed by atoms with Crippen LogP contribution in [0.4, 0.5) is 0 Å². The topological polar surface area (TPSA) is 21.3 Å². The first-order chi connectivity index (χ1) is 9.67. The zero-order valence-corrected chi connectivity index (χ0v) is 13.8. The van der Waals surface area contributed by atoms with Crippen molar-refractivity contribution in [3.8, 4) is 5.75 Å². The van der Waals surface area contributed by atoms with Crippen molar-refractivity contribution < 1.29 is 4.74 Å². The van der Waals surface area contributed by atoms with Crippen LogP contribution in [0.25, 0.3) is 0 Å². The van der Waals surface area contributed by atoms with Crippen LogP contribution < -0.4 is 10.1 Å². The molecule has 1 aliphatic heterocycles. The molecule has 104 valence electrons. The molecule has 0 bridgehead atoms. The molecule has 3 heteroatoms. The normalized spacial score (nSPS) is 18.4. The third-order valence-electron chi connectivity index (χ3n) is 3.75. The standard InChI is InChI=1S/C17H18INO/c1-11-9-14-10-13(5-8-16(14)20-11)17(19-2)12-3-6-15(18)7-4-12/h3-8,10-11,17,19H,9H2,1-2H3. The zero-order chi connectivity index (χ0) is 14.1. The summed E-state index contributed by atoms with van der Waals surface area (Å²) >= 11 is 2.34. The lowest BCUT2D eigenvalue weighted by atomic mass is 9.96. The largest absolute Gasteiger partial charge is 0.490 e. The van der Waals surface area contributed by atoms with E-state index in [4.69, 9.17) is 4.74 Å². The fraction of sp³-hybridized carbons (Fsp3) is 0.294. The van der Waals surface area contributed by atoms with Gasteiger partial charge in [0.1, 0.15) is 11.9 Å². The van der Waals surface area contributed by atoms with Crippen molar-refractivity contribution in [2.24, 2.45) is 0 Å². The molecule has 0 fully saturated rings. The van der Waals surface area contributed by atoms with Crippen LogP contribution >= 0.6 is 22.6 Å². The van der Waals surface area contributed by atoms with E-state index in [-0.39, 0.29) is 6.04 Å². The third kappa shape index (κ3) is 2.69. The molecule has 1 aliphatic rings. The first kappa shape index (κ1) is 13.9. The summed E-state index contributed by atoms with van der Waals surface area (Å²) in [6.07, 6.45) is 1.30. The number of benzene rings is 2. The Morgan fingerprint density at radius 3 is 2.55 bits per heavy atom. The summed E-state index contributed by atoms with van der Waals surface area (Å²) in [5, 5.41) is 3.41. The molecular weight excluding hydrogens is 361 g/mol. The first-order valence-corrected chi connectivity index (χ1v) is 7.97. The van der Waals surface area contributed by atoms with Gasteiger partial charge in [-0.05, 0) is 71.5 Å². The second kappa shape index (κ2) is 5.74. The fourth-order valence-corrected chi connectivity index (χ4v) is 3.16. The lowest BCUT2D eigenvalue weighted by Crippen LogP contribution is -2.17. The summed E-state index contributed by atoms with van der Waals surface area (Å²) in [6.45, 7) is 2.12. The second-order valence-corrected chi connectivity index (χ2v) is 6.52. The molecule has 20 heavy (non-hydrogen) atoms. The van der Waals surface area contributed by atoms with E-state index in [1.54, 1.807) is 0 Å². The highest BCUT2D eigenvalue weighted by atomic mass is 127. The van der Waals surface area contributed by atoms with Gasteiger partial charge in [0.2, 0.25) is 0 Å². The van der Waals surface area contributed by atoms with E-state index in [1.165, 1.54) is 20.3 Å². The maximum atomic E-state index is 5.78. The van der Waals surface area contributed by atoms with Crippen molar-refractivity contribution in [1.82, 2.24) is 5.32 Å². The Hall–Kier alpha value is -1.07. The molecule has 2 unspecified atom stereocenters. The van der Waals surface area contributed by atoms with Crippen LogP contribution in [0.5, 0.6) is 5.75 Å². The van der Waals surface area contributed by atoms with Gasteiger partial charge < -0.3 is 10.1 Å². The van der Waals surface area contributed by atoms with Crippen LogP contribution in [0.1, 0.15) is 29.7 Å². The van der Waals surface area contributed by atoms with Gasteiger partial charge in [-0.1, -0.05) is 24.3 Å². The number of fused-ring (bicyclic) bond motifs is 1. The fourth-order valence-electron chi connectivity index (χ4n) is 2.80. The van der Waals surface area contributed by atoms with Crippen LogP contribution in [0.2, 0.25) is 0 Å². The highest BCUT2D eigenvalue weighted by molar-refractivity contribution is 14.1. The second-order valence-electron chi connectivity index (χ2n) is 5.27. The average molecular weight is 379 g/mol. The molecule has 2 aromatic carbocycles. The quantitative estimate of drug-likeness (QED) is 0.817. The van der Waals surface area contributed by atoms with E-state index in [2.05, 4.69) is 77.3 Å². The predicted molar refractivity (Wildman–Crippen MR) is 90.3 cm³/mol. The van der Waals surface area contributed by atoms with Gasteiger partial charge in [0, 0.05) is 9.99 Å². The molecular formula is C17H18INO. The highest BCUT2D eigenvalue weighted by Gasteiger charge is 2.21. The smallest absolute Gasteiger partial charge is 0.123 e. The summed E-state index contributed by atoms with van der Waals surface area (Å²) in [5.74, 6) is 1.04. The van der Waals surface area contributed by atoms with Crippen LogP contribution in [-0.4, -0.2) is 13.2 Å². The molecule has 2 nitrogen and oxygen atoms in total. The van der Waals surface area contributed by atoms with Crippen molar-refractivity contribution in [3.05, 3.63) is 62.7 Å². The van der Waals surface area contributed by atoms with Crippen molar-refractivity contribution in [2.75, 3.05) is 7.05 Å². The third-order valence-corrected chi connectivity index (χ3v) is 4.46. The predicted octanol–water partition coefficient (Wildman–Crippen LogP) is 3.92. The number of ether oxygens (including phenoxy) is 1. The van der Waals surface area contributed by atoms with Crippen LogP contribution in [-0.2, 0) is 6.42 Å². The van der Waals surface area contributed by atoms with Gasteiger partial charge in [0.15, 0.2) is 0 Å². The average Bonchev–Trinajstić information content (AvgIpc) is 2.81. The molecule has 0 amide bonds. The zero-order valence-electron chi connectivity index (χ0n) is 11.7. The van der Waals surface area contributed by atoms with Gasteiger partial charge >= 0.3 is 0 Å². The Balaban J connectivity index is 1.94. The minimum Gasteiger partial charge on any atom is -0.490 e. The Morgan fingerprint density at radius 1 is 1.15 bits per heavy atom. The minimum atomic E-state index is 0.230. The van der Waals surface area contributed by atoms with E-state index < -0.39 is 0 Å². The van der Waals surface area contributed by atoms with Crippen molar-refractivity contribution in [1.29, 1.82) is 0 Å². The van der Waals surface area contributed by atoms with Crippen molar-refractivity contribution in [3.63, 3.8) is 0 Å². The van der Waals surface area contributed by atoms with E-state index in [0.717, 1.165) is 12.2 Å². The Bertz CT molecular complexity index is 609. The van der Waals surface area contributed by atoms with E-state index in [1.807, 2.05) is 7.05 Å². The van der Waals surface area contributed by atoms with E-state index in [0.29, 0.717) is 6.10 Å². The molecule has 0 radical (unpaired) electrons. The maximum Gasteiger partial charge on any atom is 0.123 e. The van der Waals surface area contributed by atoms with Gasteiger partial charge in [0.05, 0.1) is 6.04 Å². The van der Waals surface area contributed by atoms with Gasteiger partial charge in [-0.25, -0.2) is 0 Å². The maximum absolute atomic E-state index is 5.78. The Kier molecular flexibility index (Phi) is 3.98. The summed E-state index contributed by atoms with van der Waals surface area (Å²) in [5.41, 5.74) is 3.91. The summed E-state index contributed by atoms with van der Waals surface area (Å²) in [6, 6.07) is 15.5. The number of halogens is 1. The van der Waals surface area contributed by atoms with Crippen LogP contribution in [0.3, 0.4) is 0 Å². The number of hydrogen-bond donors (Lipinski definition) is 1. The molecule has 1 heterocycles. The SMILES string of the molecule is CNC(c1ccc(I)cc1)c1ccc2c(c1)CC(C)O2. The first-order valence-electron chi connectivity index (χ1n) is 6.89. The van der Waals surface area contributed by atoms with Crippen molar-refractivity contribution >= 4 is 22.6 Å². The lowest BCUT2D eigenvalue weighted by Gasteiger charge is -2.18. The van der Waals surface area contributed by atoms with Crippen LogP contribution in [0, 0.1) is 3.57 Å². The number of hydrogen-bond acceptors (Lipinski definition) is 2. The molecule has 0 aliphatic carbocycles. The van der Waals surface area contributed by atoms with Gasteiger partial charge in [-0.15, -0.1) is 0 Å². The highest BCUT2D eigenvalue weighted by Crippen LogP contribution is 2.32. The summed E-state index contributed by atoms with van der Waals surface area (Å²) in [7, 11) is 2.01. The molecule has 2 aromatic rings. The molecule has 0 spiro atoms. The van der Waals surface area contributed by atoms with Crippen LogP contribution in [0.15, 0.2) is 42.5 Å². The number of nitrogens with one attached hydrogen (secondary N) is 1. The molecule has 0 aromatic heterocycles. The number of rotatable bonds is 3. The molecule has 0 saturated heterocycles. The molecule has 2 atom stereocenters. The molecule has 3 rings (SSSR count). The Morgan fingerprint density at radius 2 is 1.85 bits per heavy atom. The van der Waals surface area contributed by atoms with Gasteiger partial charge in [-0.3, -0.25) is 0 Å². The van der Waals surface area contributed by atoms with Gasteiger partial charge in [-0.2, -0.15) is 0 Å². The van der Waals surface area contributed by atoms with Gasteiger partial charge in [0.25, 0.3) is 0 Å².